The first-order valence-corrected chi connectivity index (χ1v) is 8.91. The van der Waals surface area contributed by atoms with E-state index in [0.717, 1.165) is 5.56 Å². The van der Waals surface area contributed by atoms with Gasteiger partial charge in [-0.3, -0.25) is 14.5 Å². The molecule has 8 heteroatoms. The number of halogens is 3. The van der Waals surface area contributed by atoms with Crippen molar-refractivity contribution in [3.63, 3.8) is 0 Å². The van der Waals surface area contributed by atoms with Gasteiger partial charge in [-0.15, -0.1) is 0 Å². The largest absolute Gasteiger partial charge is 0.351 e. The smallest absolute Gasteiger partial charge is 0.238 e. The molecule has 2 aromatic rings. The van der Waals surface area contributed by atoms with Gasteiger partial charge in [-0.1, -0.05) is 46.9 Å². The van der Waals surface area contributed by atoms with Crippen LogP contribution in [0.1, 0.15) is 5.56 Å². The lowest BCUT2D eigenvalue weighted by Gasteiger charge is -2.16. The van der Waals surface area contributed by atoms with Crippen LogP contribution in [0.25, 0.3) is 0 Å². The molecule has 2 N–H and O–H groups in total. The number of likely N-dealkylation sites (N-methyl/N-ethyl adjacent to an activating group) is 1. The first kappa shape index (κ1) is 20.5. The summed E-state index contributed by atoms with van der Waals surface area (Å²) in [6, 6.07) is 12.1. The Labute approximate surface area is 167 Å². The number of nitrogens with zero attached hydrogens (tertiary/aromatic N) is 1. The number of carbonyl (C=O) groups is 2. The van der Waals surface area contributed by atoms with Gasteiger partial charge in [0.25, 0.3) is 0 Å². The Balaban J connectivity index is 1.76. The van der Waals surface area contributed by atoms with Crippen LogP contribution in [0, 0.1) is 0 Å². The second-order valence-electron chi connectivity index (χ2n) is 5.76. The lowest BCUT2D eigenvalue weighted by Crippen LogP contribution is -2.38. The van der Waals surface area contributed by atoms with E-state index in [1.807, 2.05) is 12.1 Å². The van der Waals surface area contributed by atoms with Crippen LogP contribution in [0.15, 0.2) is 42.5 Å². The quantitative estimate of drug-likeness (QED) is 0.724. The standard InChI is InChI=1S/C18H18Cl3N3O2/c1-24(10-17(25)22-9-12-3-2-4-13(19)7-12)11-18(26)23-14-5-6-15(20)16(21)8-14/h2-8H,9-11H2,1H3,(H,22,25)(H,23,26). The Bertz CT molecular complexity index is 799. The number of amides is 2. The van der Waals surface area contributed by atoms with Crippen LogP contribution in [0.4, 0.5) is 5.69 Å². The van der Waals surface area contributed by atoms with Gasteiger partial charge in [0.15, 0.2) is 0 Å². The predicted molar refractivity (Wildman–Crippen MR) is 106 cm³/mol. The Morgan fingerprint density at radius 3 is 2.38 bits per heavy atom. The maximum atomic E-state index is 12.0. The van der Waals surface area contributed by atoms with Crippen molar-refractivity contribution in [1.29, 1.82) is 0 Å². The monoisotopic (exact) mass is 413 g/mol. The molecule has 2 aromatic carbocycles. The maximum Gasteiger partial charge on any atom is 0.238 e. The molecule has 2 amide bonds. The number of anilines is 1. The molecule has 138 valence electrons. The lowest BCUT2D eigenvalue weighted by molar-refractivity contribution is -0.123. The summed E-state index contributed by atoms with van der Waals surface area (Å²) in [6.07, 6.45) is 0. The summed E-state index contributed by atoms with van der Waals surface area (Å²) in [4.78, 5) is 25.6. The molecule has 0 radical (unpaired) electrons. The zero-order valence-corrected chi connectivity index (χ0v) is 16.3. The third-order valence-electron chi connectivity index (χ3n) is 3.41. The molecule has 0 saturated heterocycles. The zero-order valence-electron chi connectivity index (χ0n) is 14.1. The summed E-state index contributed by atoms with van der Waals surface area (Å²) < 4.78 is 0. The topological polar surface area (TPSA) is 61.4 Å². The average Bonchev–Trinajstić information content (AvgIpc) is 2.56. The van der Waals surface area contributed by atoms with Crippen molar-refractivity contribution in [2.24, 2.45) is 0 Å². The molecule has 0 aliphatic carbocycles. The predicted octanol–water partition coefficient (Wildman–Crippen LogP) is 3.83. The normalized spacial score (nSPS) is 10.7. The molecule has 0 fully saturated rings. The molecule has 0 spiro atoms. The second-order valence-corrected chi connectivity index (χ2v) is 7.01. The van der Waals surface area contributed by atoms with Crippen molar-refractivity contribution in [3.05, 3.63) is 63.1 Å². The Kier molecular flexibility index (Phi) is 7.72. The van der Waals surface area contributed by atoms with Gasteiger partial charge in [-0.05, 0) is 42.9 Å². The summed E-state index contributed by atoms with van der Waals surface area (Å²) in [7, 11) is 1.69. The number of hydrogen-bond donors (Lipinski definition) is 2. The Hall–Kier alpha value is -1.79. The van der Waals surface area contributed by atoms with Crippen LogP contribution >= 0.6 is 34.8 Å². The van der Waals surface area contributed by atoms with E-state index >= 15 is 0 Å². The van der Waals surface area contributed by atoms with Crippen molar-refractivity contribution in [1.82, 2.24) is 10.2 Å². The van der Waals surface area contributed by atoms with Crippen molar-refractivity contribution < 1.29 is 9.59 Å². The number of hydrogen-bond acceptors (Lipinski definition) is 3. The van der Waals surface area contributed by atoms with E-state index in [1.165, 1.54) is 0 Å². The minimum absolute atomic E-state index is 0.0603. The summed E-state index contributed by atoms with van der Waals surface area (Å²) in [5, 5.41) is 6.89. The van der Waals surface area contributed by atoms with Crippen LogP contribution in [-0.2, 0) is 16.1 Å². The third-order valence-corrected chi connectivity index (χ3v) is 4.38. The summed E-state index contributed by atoms with van der Waals surface area (Å²) in [6.45, 7) is 0.531. The lowest BCUT2D eigenvalue weighted by atomic mass is 10.2. The van der Waals surface area contributed by atoms with E-state index in [-0.39, 0.29) is 24.9 Å². The zero-order chi connectivity index (χ0) is 19.1. The van der Waals surface area contributed by atoms with E-state index in [9.17, 15) is 9.59 Å². The van der Waals surface area contributed by atoms with Gasteiger partial charge in [0.05, 0.1) is 23.1 Å². The minimum atomic E-state index is -0.256. The molecule has 5 nitrogen and oxygen atoms in total. The third kappa shape index (κ3) is 6.84. The highest BCUT2D eigenvalue weighted by molar-refractivity contribution is 6.42. The second kappa shape index (κ2) is 9.78. The van der Waals surface area contributed by atoms with Gasteiger partial charge < -0.3 is 10.6 Å². The van der Waals surface area contributed by atoms with Crippen molar-refractivity contribution in [2.75, 3.05) is 25.5 Å². The highest BCUT2D eigenvalue weighted by Crippen LogP contribution is 2.24. The van der Waals surface area contributed by atoms with E-state index in [2.05, 4.69) is 10.6 Å². The van der Waals surface area contributed by atoms with Crippen LogP contribution in [0.2, 0.25) is 15.1 Å². The van der Waals surface area contributed by atoms with Crippen molar-refractivity contribution in [2.45, 2.75) is 6.54 Å². The molecule has 26 heavy (non-hydrogen) atoms. The molecule has 0 aliphatic heterocycles. The molecule has 2 rings (SSSR count). The number of nitrogens with one attached hydrogen (secondary N) is 2. The fraction of sp³-hybridized carbons (Fsp3) is 0.222. The molecule has 0 heterocycles. The molecule has 0 unspecified atom stereocenters. The molecule has 0 aliphatic rings. The van der Waals surface area contributed by atoms with Gasteiger partial charge in [-0.2, -0.15) is 0 Å². The van der Waals surface area contributed by atoms with Gasteiger partial charge in [0, 0.05) is 17.3 Å². The van der Waals surface area contributed by atoms with Crippen molar-refractivity contribution in [3.8, 4) is 0 Å². The fourth-order valence-corrected chi connectivity index (χ4v) is 2.74. The molecule has 0 bridgehead atoms. The molecule has 0 atom stereocenters. The number of benzene rings is 2. The van der Waals surface area contributed by atoms with Crippen molar-refractivity contribution >= 4 is 52.3 Å². The summed E-state index contributed by atoms with van der Waals surface area (Å²) in [5.41, 5.74) is 1.45. The molecular formula is C18H18Cl3N3O2. The fourth-order valence-electron chi connectivity index (χ4n) is 2.22. The van der Waals surface area contributed by atoms with Gasteiger partial charge >= 0.3 is 0 Å². The van der Waals surface area contributed by atoms with Crippen LogP contribution < -0.4 is 10.6 Å². The average molecular weight is 415 g/mol. The van der Waals surface area contributed by atoms with E-state index in [1.54, 1.807) is 42.3 Å². The molecule has 0 saturated carbocycles. The number of carbonyl (C=O) groups excluding carboxylic acids is 2. The first-order valence-electron chi connectivity index (χ1n) is 7.78. The van der Waals surface area contributed by atoms with Gasteiger partial charge in [0.2, 0.25) is 11.8 Å². The summed E-state index contributed by atoms with van der Waals surface area (Å²) in [5.74, 6) is -0.441. The van der Waals surface area contributed by atoms with Crippen LogP contribution in [0.3, 0.4) is 0 Å². The van der Waals surface area contributed by atoms with Crippen LogP contribution in [-0.4, -0.2) is 36.9 Å². The Morgan fingerprint density at radius 1 is 0.962 bits per heavy atom. The first-order chi connectivity index (χ1) is 12.3. The van der Waals surface area contributed by atoms with E-state index in [4.69, 9.17) is 34.8 Å². The number of rotatable bonds is 7. The minimum Gasteiger partial charge on any atom is -0.351 e. The highest BCUT2D eigenvalue weighted by atomic mass is 35.5. The Morgan fingerprint density at radius 2 is 1.69 bits per heavy atom. The maximum absolute atomic E-state index is 12.0. The van der Waals surface area contributed by atoms with E-state index in [0.29, 0.717) is 27.3 Å². The van der Waals surface area contributed by atoms with Crippen LogP contribution in [0.5, 0.6) is 0 Å². The van der Waals surface area contributed by atoms with Gasteiger partial charge in [0.1, 0.15) is 0 Å². The highest BCUT2D eigenvalue weighted by Gasteiger charge is 2.11. The summed E-state index contributed by atoms with van der Waals surface area (Å²) >= 11 is 17.7. The van der Waals surface area contributed by atoms with E-state index < -0.39 is 0 Å². The van der Waals surface area contributed by atoms with Gasteiger partial charge in [-0.25, -0.2) is 0 Å². The SMILES string of the molecule is CN(CC(=O)NCc1cccc(Cl)c1)CC(=O)Nc1ccc(Cl)c(Cl)c1. The molecule has 0 aromatic heterocycles. The molecular weight excluding hydrogens is 397 g/mol.